The number of nitrogens with zero attached hydrogens (tertiary/aromatic N) is 3. The highest BCUT2D eigenvalue weighted by molar-refractivity contribution is 9.10. The quantitative estimate of drug-likeness (QED) is 0.835. The highest BCUT2D eigenvalue weighted by Crippen LogP contribution is 2.29. The summed E-state index contributed by atoms with van der Waals surface area (Å²) in [7, 11) is 0. The zero-order chi connectivity index (χ0) is 13.7. The molecule has 0 aliphatic rings. The van der Waals surface area contributed by atoms with Gasteiger partial charge in [-0.1, -0.05) is 19.1 Å². The van der Waals surface area contributed by atoms with Crippen molar-refractivity contribution in [3.8, 4) is 0 Å². The van der Waals surface area contributed by atoms with Gasteiger partial charge in [0.15, 0.2) is 0 Å². The Morgan fingerprint density at radius 1 is 1.42 bits per heavy atom. The Kier molecular flexibility index (Phi) is 5.54. The van der Waals surface area contributed by atoms with Crippen LogP contribution in [0.15, 0.2) is 22.1 Å². The Morgan fingerprint density at radius 2 is 2.26 bits per heavy atom. The first-order chi connectivity index (χ1) is 9.26. The molecule has 0 aliphatic heterocycles. The van der Waals surface area contributed by atoms with Crippen molar-refractivity contribution in [2.24, 2.45) is 0 Å². The number of hydrogen-bond donors (Lipinski definition) is 1. The van der Waals surface area contributed by atoms with Crippen molar-refractivity contribution >= 4 is 27.3 Å². The van der Waals surface area contributed by atoms with Crippen molar-refractivity contribution in [3.05, 3.63) is 32.7 Å². The van der Waals surface area contributed by atoms with Crippen molar-refractivity contribution in [1.82, 2.24) is 20.3 Å². The molecule has 0 amide bonds. The summed E-state index contributed by atoms with van der Waals surface area (Å²) in [5, 5.41) is 14.0. The molecule has 2 heterocycles. The van der Waals surface area contributed by atoms with E-state index in [1.807, 2.05) is 10.9 Å². The molecule has 0 radical (unpaired) electrons. The third-order valence-electron chi connectivity index (χ3n) is 2.85. The van der Waals surface area contributed by atoms with E-state index in [-0.39, 0.29) is 6.04 Å². The first-order valence-electron chi connectivity index (χ1n) is 6.62. The molecule has 2 aromatic heterocycles. The predicted molar refractivity (Wildman–Crippen MR) is 82.5 cm³/mol. The molecular formula is C13H19BrN4S. The van der Waals surface area contributed by atoms with Crippen LogP contribution in [0.25, 0.3) is 0 Å². The molecule has 0 fully saturated rings. The molecule has 2 aromatic rings. The zero-order valence-corrected chi connectivity index (χ0v) is 13.7. The molecule has 0 aliphatic carbocycles. The second-order valence-electron chi connectivity index (χ2n) is 4.44. The summed E-state index contributed by atoms with van der Waals surface area (Å²) in [6.45, 7) is 6.22. The van der Waals surface area contributed by atoms with Crippen LogP contribution in [0.5, 0.6) is 0 Å². The molecule has 2 rings (SSSR count). The fraction of sp³-hybridized carbons (Fsp3) is 0.538. The molecule has 104 valence electrons. The van der Waals surface area contributed by atoms with E-state index in [1.165, 1.54) is 4.88 Å². The number of aromatic nitrogens is 3. The normalized spacial score (nSPS) is 12.8. The minimum Gasteiger partial charge on any atom is -0.304 e. The molecule has 1 N–H and O–H groups in total. The van der Waals surface area contributed by atoms with E-state index < -0.39 is 0 Å². The molecule has 0 aromatic carbocycles. The first-order valence-corrected chi connectivity index (χ1v) is 8.29. The highest BCUT2D eigenvalue weighted by atomic mass is 79.9. The average Bonchev–Trinajstić information content (AvgIpc) is 3.01. The van der Waals surface area contributed by atoms with Gasteiger partial charge in [-0.05, 0) is 41.4 Å². The summed E-state index contributed by atoms with van der Waals surface area (Å²) in [5.41, 5.74) is 1.14. The maximum absolute atomic E-state index is 4.19. The van der Waals surface area contributed by atoms with Gasteiger partial charge < -0.3 is 5.32 Å². The van der Waals surface area contributed by atoms with E-state index in [9.17, 15) is 0 Å². The largest absolute Gasteiger partial charge is 0.304 e. The van der Waals surface area contributed by atoms with E-state index in [1.54, 1.807) is 11.3 Å². The van der Waals surface area contributed by atoms with Crippen molar-refractivity contribution in [2.45, 2.75) is 39.3 Å². The van der Waals surface area contributed by atoms with Crippen LogP contribution < -0.4 is 5.32 Å². The Hall–Kier alpha value is -0.720. The number of rotatable bonds is 7. The molecule has 0 bridgehead atoms. The van der Waals surface area contributed by atoms with Crippen LogP contribution in [0.2, 0.25) is 0 Å². The van der Waals surface area contributed by atoms with E-state index in [4.69, 9.17) is 0 Å². The Balaban J connectivity index is 2.28. The topological polar surface area (TPSA) is 42.7 Å². The molecule has 0 spiro atoms. The number of nitrogens with one attached hydrogen (secondary N) is 1. The van der Waals surface area contributed by atoms with E-state index in [0.717, 1.165) is 36.1 Å². The zero-order valence-electron chi connectivity index (χ0n) is 11.3. The second kappa shape index (κ2) is 7.17. The van der Waals surface area contributed by atoms with Gasteiger partial charge in [0, 0.05) is 21.3 Å². The van der Waals surface area contributed by atoms with Crippen LogP contribution in [0, 0.1) is 0 Å². The van der Waals surface area contributed by atoms with Gasteiger partial charge in [0.25, 0.3) is 0 Å². The number of thiophene rings is 1. The summed E-state index contributed by atoms with van der Waals surface area (Å²) in [4.78, 5) is 1.29. The smallest absolute Gasteiger partial charge is 0.0858 e. The second-order valence-corrected chi connectivity index (χ2v) is 6.29. The lowest BCUT2D eigenvalue weighted by atomic mass is 10.1. The van der Waals surface area contributed by atoms with Gasteiger partial charge in [-0.25, -0.2) is 4.68 Å². The summed E-state index contributed by atoms with van der Waals surface area (Å²) >= 11 is 5.28. The monoisotopic (exact) mass is 342 g/mol. The third-order valence-corrected chi connectivity index (χ3v) is 4.61. The van der Waals surface area contributed by atoms with Crippen LogP contribution >= 0.6 is 27.3 Å². The molecule has 6 heteroatoms. The lowest BCUT2D eigenvalue weighted by Crippen LogP contribution is -2.25. The fourth-order valence-electron chi connectivity index (χ4n) is 1.99. The maximum Gasteiger partial charge on any atom is 0.0858 e. The lowest BCUT2D eigenvalue weighted by molar-refractivity contribution is 0.507. The van der Waals surface area contributed by atoms with E-state index in [2.05, 4.69) is 56.9 Å². The minimum atomic E-state index is 0.179. The molecule has 1 atom stereocenters. The fourth-order valence-corrected chi connectivity index (χ4v) is 3.52. The van der Waals surface area contributed by atoms with Crippen LogP contribution in [-0.2, 0) is 6.54 Å². The lowest BCUT2D eigenvalue weighted by Gasteiger charge is -2.17. The van der Waals surface area contributed by atoms with Crippen LogP contribution in [0.1, 0.15) is 43.3 Å². The summed E-state index contributed by atoms with van der Waals surface area (Å²) < 4.78 is 3.13. The Labute approximate surface area is 126 Å². The molecular weight excluding hydrogens is 324 g/mol. The summed E-state index contributed by atoms with van der Waals surface area (Å²) in [6.07, 6.45) is 4.04. The molecule has 19 heavy (non-hydrogen) atoms. The number of hydrogen-bond acceptors (Lipinski definition) is 4. The van der Waals surface area contributed by atoms with Crippen molar-refractivity contribution < 1.29 is 0 Å². The van der Waals surface area contributed by atoms with Crippen molar-refractivity contribution in [3.63, 3.8) is 0 Å². The summed E-state index contributed by atoms with van der Waals surface area (Å²) in [5.74, 6) is 0. The standard InChI is InChI=1S/C13H19BrN4S/c1-3-5-15-13(12-7-10(14)9-19-12)11-8-16-17-18(11)6-4-2/h7-9,13,15H,3-6H2,1-2H3. The average molecular weight is 343 g/mol. The van der Waals surface area contributed by atoms with Crippen LogP contribution in [0.4, 0.5) is 0 Å². The SMILES string of the molecule is CCCNC(c1cc(Br)cs1)c1cnnn1CCC. The van der Waals surface area contributed by atoms with Gasteiger partial charge in [0.05, 0.1) is 17.9 Å². The van der Waals surface area contributed by atoms with Gasteiger partial charge >= 0.3 is 0 Å². The predicted octanol–water partition coefficient (Wildman–Crippen LogP) is 3.60. The molecule has 1 unspecified atom stereocenters. The first kappa shape index (κ1) is 14.7. The molecule has 4 nitrogen and oxygen atoms in total. The van der Waals surface area contributed by atoms with Gasteiger partial charge in [-0.2, -0.15) is 0 Å². The summed E-state index contributed by atoms with van der Waals surface area (Å²) in [6, 6.07) is 2.35. The third kappa shape index (κ3) is 3.64. The van der Waals surface area contributed by atoms with Crippen LogP contribution in [0.3, 0.4) is 0 Å². The van der Waals surface area contributed by atoms with Gasteiger partial charge in [-0.3, -0.25) is 0 Å². The minimum absolute atomic E-state index is 0.179. The number of halogens is 1. The van der Waals surface area contributed by atoms with Crippen molar-refractivity contribution in [1.29, 1.82) is 0 Å². The molecule has 0 saturated heterocycles. The number of aryl methyl sites for hydroxylation is 1. The van der Waals surface area contributed by atoms with E-state index in [0.29, 0.717) is 0 Å². The highest BCUT2D eigenvalue weighted by Gasteiger charge is 2.19. The Morgan fingerprint density at radius 3 is 2.89 bits per heavy atom. The Bertz CT molecular complexity index is 508. The van der Waals surface area contributed by atoms with Gasteiger partial charge in [-0.15, -0.1) is 16.4 Å². The van der Waals surface area contributed by atoms with Crippen LogP contribution in [-0.4, -0.2) is 21.5 Å². The van der Waals surface area contributed by atoms with Crippen molar-refractivity contribution in [2.75, 3.05) is 6.54 Å². The van der Waals surface area contributed by atoms with Gasteiger partial charge in [0.1, 0.15) is 0 Å². The van der Waals surface area contributed by atoms with E-state index >= 15 is 0 Å². The molecule has 0 saturated carbocycles. The van der Waals surface area contributed by atoms with Gasteiger partial charge in [0.2, 0.25) is 0 Å². The maximum atomic E-state index is 4.19.